The van der Waals surface area contributed by atoms with Gasteiger partial charge in [0.25, 0.3) is 5.91 Å². The van der Waals surface area contributed by atoms with Crippen molar-refractivity contribution in [2.75, 3.05) is 19.7 Å². The monoisotopic (exact) mass is 366 g/mol. The van der Waals surface area contributed by atoms with Crippen LogP contribution < -0.4 is 5.32 Å². The van der Waals surface area contributed by atoms with E-state index in [1.807, 2.05) is 6.07 Å². The topological polar surface area (TPSA) is 75.7 Å². The molecule has 1 aromatic carbocycles. The summed E-state index contributed by atoms with van der Waals surface area (Å²) in [6.07, 6.45) is 1.87. The summed E-state index contributed by atoms with van der Waals surface area (Å²) in [5, 5.41) is 3.28. The molecular weight excluding hydrogens is 344 g/mol. The van der Waals surface area contributed by atoms with Gasteiger partial charge in [0, 0.05) is 31.1 Å². The second-order valence-corrected chi connectivity index (χ2v) is 6.48. The van der Waals surface area contributed by atoms with Gasteiger partial charge in [0.05, 0.1) is 5.92 Å². The van der Waals surface area contributed by atoms with Crippen LogP contribution in [0.15, 0.2) is 24.3 Å². The Kier molecular flexibility index (Phi) is 7.25. The number of nitrogens with one attached hydrogen (secondary N) is 1. The molecule has 1 atom stereocenters. The van der Waals surface area contributed by atoms with Crippen LogP contribution >= 0.6 is 11.6 Å². The Bertz CT molecular complexity index is 635. The minimum atomic E-state index is -0.425. The van der Waals surface area contributed by atoms with Crippen molar-refractivity contribution >= 4 is 29.4 Å². The Morgan fingerprint density at radius 3 is 2.88 bits per heavy atom. The molecule has 0 spiro atoms. The molecule has 6 nitrogen and oxygen atoms in total. The van der Waals surface area contributed by atoms with Crippen LogP contribution in [0.4, 0.5) is 0 Å². The smallest absolute Gasteiger partial charge is 0.311 e. The Labute approximate surface area is 152 Å². The van der Waals surface area contributed by atoms with E-state index >= 15 is 0 Å². The maximum Gasteiger partial charge on any atom is 0.311 e. The van der Waals surface area contributed by atoms with E-state index in [1.54, 1.807) is 30.0 Å². The van der Waals surface area contributed by atoms with Gasteiger partial charge in [0.15, 0.2) is 6.61 Å². The molecule has 136 valence electrons. The average Bonchev–Trinajstić information content (AvgIpc) is 2.64. The molecule has 1 unspecified atom stereocenters. The number of likely N-dealkylation sites (tertiary alicyclic amines) is 1. The summed E-state index contributed by atoms with van der Waals surface area (Å²) in [6.45, 7) is 2.84. The lowest BCUT2D eigenvalue weighted by Crippen LogP contribution is -2.43. The third-order valence-corrected chi connectivity index (χ3v) is 4.37. The van der Waals surface area contributed by atoms with Gasteiger partial charge in [-0.1, -0.05) is 30.7 Å². The summed E-state index contributed by atoms with van der Waals surface area (Å²) in [4.78, 5) is 37.4. The van der Waals surface area contributed by atoms with Crippen LogP contribution in [-0.4, -0.2) is 42.4 Å². The molecule has 25 heavy (non-hydrogen) atoms. The third kappa shape index (κ3) is 6.05. The average molecular weight is 367 g/mol. The number of halogens is 1. The molecule has 2 amide bonds. The molecule has 0 saturated carbocycles. The highest BCUT2D eigenvalue weighted by Gasteiger charge is 2.29. The van der Waals surface area contributed by atoms with Gasteiger partial charge >= 0.3 is 5.97 Å². The fourth-order valence-corrected chi connectivity index (χ4v) is 2.99. The van der Waals surface area contributed by atoms with E-state index in [0.717, 1.165) is 12.0 Å². The van der Waals surface area contributed by atoms with Crippen LogP contribution in [0.5, 0.6) is 0 Å². The fraction of sp³-hybridized carbons (Fsp3) is 0.500. The van der Waals surface area contributed by atoms with Crippen molar-refractivity contribution in [1.82, 2.24) is 10.2 Å². The summed E-state index contributed by atoms with van der Waals surface area (Å²) < 4.78 is 5.10. The molecule has 0 bridgehead atoms. The van der Waals surface area contributed by atoms with E-state index in [-0.39, 0.29) is 24.3 Å². The number of carbonyl (C=O) groups is 3. The third-order valence-electron chi connectivity index (χ3n) is 4.13. The van der Waals surface area contributed by atoms with Crippen molar-refractivity contribution in [1.29, 1.82) is 0 Å². The number of rotatable bonds is 6. The maximum atomic E-state index is 12.1. The van der Waals surface area contributed by atoms with Gasteiger partial charge in [-0.25, -0.2) is 0 Å². The first-order valence-electron chi connectivity index (χ1n) is 8.45. The van der Waals surface area contributed by atoms with E-state index in [1.165, 1.54) is 0 Å². The molecule has 7 heteroatoms. The standard InChI is InChI=1S/C18H23ClN2O4/c1-2-17(23)21-8-4-6-14(11-21)18(24)25-12-16(22)20-10-13-5-3-7-15(19)9-13/h3,5,7,9,14H,2,4,6,8,10-12H2,1H3,(H,20,22). The minimum absolute atomic E-state index is 0.0387. The predicted octanol–water partition coefficient (Wildman–Crippen LogP) is 2.15. The van der Waals surface area contributed by atoms with E-state index in [2.05, 4.69) is 5.32 Å². The van der Waals surface area contributed by atoms with E-state index in [4.69, 9.17) is 16.3 Å². The lowest BCUT2D eigenvalue weighted by molar-refractivity contribution is -0.155. The van der Waals surface area contributed by atoms with Gasteiger partial charge in [-0.05, 0) is 30.5 Å². The van der Waals surface area contributed by atoms with Crippen LogP contribution in [0.1, 0.15) is 31.7 Å². The molecule has 2 rings (SSSR count). The highest BCUT2D eigenvalue weighted by molar-refractivity contribution is 6.30. The Morgan fingerprint density at radius 2 is 2.16 bits per heavy atom. The molecule has 1 heterocycles. The number of benzene rings is 1. The van der Waals surface area contributed by atoms with E-state index < -0.39 is 5.97 Å². The van der Waals surface area contributed by atoms with Crippen LogP contribution in [0, 0.1) is 5.92 Å². The minimum Gasteiger partial charge on any atom is -0.455 e. The van der Waals surface area contributed by atoms with E-state index in [9.17, 15) is 14.4 Å². The second kappa shape index (κ2) is 9.42. The molecule has 1 aliphatic rings. The van der Waals surface area contributed by atoms with Crippen molar-refractivity contribution in [3.63, 3.8) is 0 Å². The highest BCUT2D eigenvalue weighted by Crippen LogP contribution is 2.18. The van der Waals surface area contributed by atoms with Gasteiger partial charge in [-0.15, -0.1) is 0 Å². The maximum absolute atomic E-state index is 12.1. The molecule has 1 aliphatic heterocycles. The summed E-state index contributed by atoms with van der Waals surface area (Å²) in [6, 6.07) is 7.16. The van der Waals surface area contributed by atoms with Crippen molar-refractivity contribution in [3.8, 4) is 0 Å². The number of esters is 1. The highest BCUT2D eigenvalue weighted by atomic mass is 35.5. The molecule has 1 aromatic rings. The zero-order valence-corrected chi connectivity index (χ0v) is 15.1. The van der Waals surface area contributed by atoms with Crippen molar-refractivity contribution < 1.29 is 19.1 Å². The van der Waals surface area contributed by atoms with Crippen molar-refractivity contribution in [2.45, 2.75) is 32.7 Å². The van der Waals surface area contributed by atoms with E-state index in [0.29, 0.717) is 37.5 Å². The number of amides is 2. The SMILES string of the molecule is CCC(=O)N1CCCC(C(=O)OCC(=O)NCc2cccc(Cl)c2)C1. The van der Waals surface area contributed by atoms with Crippen molar-refractivity contribution in [2.24, 2.45) is 5.92 Å². The lowest BCUT2D eigenvalue weighted by Gasteiger charge is -2.31. The largest absolute Gasteiger partial charge is 0.455 e. The van der Waals surface area contributed by atoms with Crippen LogP contribution in [-0.2, 0) is 25.7 Å². The van der Waals surface area contributed by atoms with Gasteiger partial charge in [0.1, 0.15) is 0 Å². The van der Waals surface area contributed by atoms with Gasteiger partial charge < -0.3 is 15.0 Å². The van der Waals surface area contributed by atoms with Crippen LogP contribution in [0.3, 0.4) is 0 Å². The zero-order valence-electron chi connectivity index (χ0n) is 14.3. The van der Waals surface area contributed by atoms with Gasteiger partial charge in [-0.2, -0.15) is 0 Å². The molecular formula is C18H23ClN2O4. The Hall–Kier alpha value is -2.08. The number of hydrogen-bond donors (Lipinski definition) is 1. The summed E-state index contributed by atoms with van der Waals surface area (Å²) >= 11 is 5.88. The van der Waals surface area contributed by atoms with Gasteiger partial charge in [0.2, 0.25) is 5.91 Å². The predicted molar refractivity (Wildman–Crippen MR) is 93.9 cm³/mol. The molecule has 1 saturated heterocycles. The molecule has 1 N–H and O–H groups in total. The van der Waals surface area contributed by atoms with Crippen LogP contribution in [0.2, 0.25) is 5.02 Å². The molecule has 0 radical (unpaired) electrons. The normalized spacial score (nSPS) is 17.0. The quantitative estimate of drug-likeness (QED) is 0.783. The van der Waals surface area contributed by atoms with Gasteiger partial charge in [-0.3, -0.25) is 14.4 Å². The molecule has 1 fully saturated rings. The Morgan fingerprint density at radius 1 is 1.36 bits per heavy atom. The number of carbonyl (C=O) groups excluding carboxylic acids is 3. The number of nitrogens with zero attached hydrogens (tertiary/aromatic N) is 1. The summed E-state index contributed by atoms with van der Waals surface area (Å²) in [5.41, 5.74) is 0.869. The second-order valence-electron chi connectivity index (χ2n) is 6.05. The Balaban J connectivity index is 1.73. The first-order valence-corrected chi connectivity index (χ1v) is 8.83. The fourth-order valence-electron chi connectivity index (χ4n) is 2.77. The molecule has 0 aliphatic carbocycles. The number of ether oxygens (including phenoxy) is 1. The summed E-state index contributed by atoms with van der Waals surface area (Å²) in [7, 11) is 0. The first kappa shape index (κ1) is 19.2. The zero-order chi connectivity index (χ0) is 18.2. The number of hydrogen-bond acceptors (Lipinski definition) is 4. The summed E-state index contributed by atoms with van der Waals surface area (Å²) in [5.74, 6) is -1.11. The first-order chi connectivity index (χ1) is 12.0. The van der Waals surface area contributed by atoms with Crippen molar-refractivity contribution in [3.05, 3.63) is 34.9 Å². The molecule has 0 aromatic heterocycles. The lowest BCUT2D eigenvalue weighted by atomic mass is 9.98. The van der Waals surface area contributed by atoms with Crippen LogP contribution in [0.25, 0.3) is 0 Å². The number of piperidine rings is 1.